The molecule has 1 aliphatic rings. The van der Waals surface area contributed by atoms with Gasteiger partial charge in [0.15, 0.2) is 0 Å². The molecule has 0 aromatic rings. The van der Waals surface area contributed by atoms with Crippen molar-refractivity contribution in [2.24, 2.45) is 5.92 Å². The maximum Gasteiger partial charge on any atom is 0.00926 e. The molecule has 1 nitrogen and oxygen atoms in total. The Labute approximate surface area is 115 Å². The van der Waals surface area contributed by atoms with Crippen LogP contribution in [0.3, 0.4) is 0 Å². The van der Waals surface area contributed by atoms with Gasteiger partial charge >= 0.3 is 0 Å². The monoisotopic (exact) mass is 253 g/mol. The fourth-order valence-corrected chi connectivity index (χ4v) is 3.17. The van der Waals surface area contributed by atoms with Crippen LogP contribution in [0.4, 0.5) is 0 Å². The number of rotatable bonds is 10. The van der Waals surface area contributed by atoms with E-state index in [0.717, 1.165) is 12.0 Å². The fraction of sp³-hybridized carbons (Fsp3) is 1.00. The summed E-state index contributed by atoms with van der Waals surface area (Å²) in [6, 6.07) is 0.823. The number of nitrogens with one attached hydrogen (secondary N) is 1. The van der Waals surface area contributed by atoms with E-state index in [0.29, 0.717) is 0 Å². The van der Waals surface area contributed by atoms with Crippen molar-refractivity contribution in [2.75, 3.05) is 6.54 Å². The first-order chi connectivity index (χ1) is 8.84. The first-order valence-electron chi connectivity index (χ1n) is 8.58. The van der Waals surface area contributed by atoms with Crippen LogP contribution >= 0.6 is 0 Å². The normalized spacial score (nSPS) is 24.3. The molecule has 1 N–H and O–H groups in total. The zero-order chi connectivity index (χ0) is 13.1. The van der Waals surface area contributed by atoms with E-state index in [9.17, 15) is 0 Å². The molecule has 2 unspecified atom stereocenters. The van der Waals surface area contributed by atoms with Gasteiger partial charge in [-0.15, -0.1) is 0 Å². The summed E-state index contributed by atoms with van der Waals surface area (Å²) in [6.45, 7) is 5.96. The van der Waals surface area contributed by atoms with E-state index >= 15 is 0 Å². The Morgan fingerprint density at radius 1 is 0.833 bits per heavy atom. The van der Waals surface area contributed by atoms with Crippen LogP contribution in [-0.2, 0) is 0 Å². The lowest BCUT2D eigenvalue weighted by Crippen LogP contribution is -2.37. The maximum absolute atomic E-state index is 3.78. The number of hydrogen-bond donors (Lipinski definition) is 1. The lowest BCUT2D eigenvalue weighted by molar-refractivity contribution is 0.279. The van der Waals surface area contributed by atoms with E-state index in [1.165, 1.54) is 83.6 Å². The van der Waals surface area contributed by atoms with Crippen molar-refractivity contribution in [1.29, 1.82) is 0 Å². The molecule has 18 heavy (non-hydrogen) atoms. The fourth-order valence-electron chi connectivity index (χ4n) is 3.17. The first kappa shape index (κ1) is 16.0. The molecule has 1 rings (SSSR count). The molecule has 0 aliphatic heterocycles. The average Bonchev–Trinajstić information content (AvgIpc) is 2.39. The largest absolute Gasteiger partial charge is 0.314 e. The molecule has 0 spiro atoms. The van der Waals surface area contributed by atoms with E-state index in [1.54, 1.807) is 0 Å². The SMILES string of the molecule is CCCCCCCCCCNC1CCCCC1C. The summed E-state index contributed by atoms with van der Waals surface area (Å²) >= 11 is 0. The molecule has 0 saturated heterocycles. The minimum atomic E-state index is 0.823. The third-order valence-corrected chi connectivity index (χ3v) is 4.55. The third kappa shape index (κ3) is 7.41. The Bertz CT molecular complexity index is 178. The van der Waals surface area contributed by atoms with Gasteiger partial charge in [0.2, 0.25) is 0 Å². The van der Waals surface area contributed by atoms with Crippen LogP contribution in [-0.4, -0.2) is 12.6 Å². The molecule has 1 aliphatic carbocycles. The predicted molar refractivity (Wildman–Crippen MR) is 82.0 cm³/mol. The predicted octanol–water partition coefficient (Wildman–Crippen LogP) is 5.30. The highest BCUT2D eigenvalue weighted by molar-refractivity contribution is 4.77. The van der Waals surface area contributed by atoms with Crippen molar-refractivity contribution in [3.63, 3.8) is 0 Å². The number of hydrogen-bond acceptors (Lipinski definition) is 1. The molecule has 0 heterocycles. The van der Waals surface area contributed by atoms with Crippen LogP contribution in [0.2, 0.25) is 0 Å². The lowest BCUT2D eigenvalue weighted by atomic mass is 9.86. The van der Waals surface area contributed by atoms with Crippen LogP contribution in [0.5, 0.6) is 0 Å². The van der Waals surface area contributed by atoms with Gasteiger partial charge in [-0.05, 0) is 31.7 Å². The third-order valence-electron chi connectivity index (χ3n) is 4.55. The van der Waals surface area contributed by atoms with Crippen LogP contribution in [0.1, 0.15) is 90.9 Å². The molecular formula is C17H35N. The molecule has 108 valence electrons. The first-order valence-corrected chi connectivity index (χ1v) is 8.58. The minimum absolute atomic E-state index is 0.823. The van der Waals surface area contributed by atoms with Crippen LogP contribution in [0.15, 0.2) is 0 Å². The zero-order valence-corrected chi connectivity index (χ0v) is 12.8. The van der Waals surface area contributed by atoms with Gasteiger partial charge in [0.1, 0.15) is 0 Å². The van der Waals surface area contributed by atoms with Crippen molar-refractivity contribution >= 4 is 0 Å². The van der Waals surface area contributed by atoms with Gasteiger partial charge in [0.25, 0.3) is 0 Å². The van der Waals surface area contributed by atoms with Gasteiger partial charge < -0.3 is 5.32 Å². The smallest absolute Gasteiger partial charge is 0.00926 e. The highest BCUT2D eigenvalue weighted by atomic mass is 14.9. The summed E-state index contributed by atoms with van der Waals surface area (Å²) in [7, 11) is 0. The summed E-state index contributed by atoms with van der Waals surface area (Å²) in [5, 5.41) is 3.78. The van der Waals surface area contributed by atoms with E-state index in [-0.39, 0.29) is 0 Å². The van der Waals surface area contributed by atoms with E-state index in [4.69, 9.17) is 0 Å². The summed E-state index contributed by atoms with van der Waals surface area (Å²) in [5.74, 6) is 0.910. The van der Waals surface area contributed by atoms with Gasteiger partial charge in [-0.3, -0.25) is 0 Å². The van der Waals surface area contributed by atoms with Gasteiger partial charge in [-0.2, -0.15) is 0 Å². The zero-order valence-electron chi connectivity index (χ0n) is 12.8. The standard InChI is InChI=1S/C17H35N/c1-3-4-5-6-7-8-9-12-15-18-17-14-11-10-13-16(17)2/h16-18H,3-15H2,1-2H3. The lowest BCUT2D eigenvalue weighted by Gasteiger charge is -2.29. The minimum Gasteiger partial charge on any atom is -0.314 e. The molecule has 0 radical (unpaired) electrons. The van der Waals surface area contributed by atoms with Crippen molar-refractivity contribution in [3.8, 4) is 0 Å². The molecule has 0 aromatic heterocycles. The second-order valence-electron chi connectivity index (χ2n) is 6.30. The number of unbranched alkanes of at least 4 members (excludes halogenated alkanes) is 7. The molecule has 2 atom stereocenters. The van der Waals surface area contributed by atoms with Crippen molar-refractivity contribution in [3.05, 3.63) is 0 Å². The average molecular weight is 253 g/mol. The molecule has 1 heteroatoms. The highest BCUT2D eigenvalue weighted by Crippen LogP contribution is 2.23. The summed E-state index contributed by atoms with van der Waals surface area (Å²) in [6.07, 6.45) is 17.2. The summed E-state index contributed by atoms with van der Waals surface area (Å²) in [5.41, 5.74) is 0. The van der Waals surface area contributed by atoms with Gasteiger partial charge in [-0.25, -0.2) is 0 Å². The summed E-state index contributed by atoms with van der Waals surface area (Å²) < 4.78 is 0. The van der Waals surface area contributed by atoms with Crippen LogP contribution < -0.4 is 5.32 Å². The van der Waals surface area contributed by atoms with Crippen molar-refractivity contribution < 1.29 is 0 Å². The Kier molecular flexibility index (Phi) is 9.65. The quantitative estimate of drug-likeness (QED) is 0.521. The van der Waals surface area contributed by atoms with E-state index < -0.39 is 0 Å². The highest BCUT2D eigenvalue weighted by Gasteiger charge is 2.19. The van der Waals surface area contributed by atoms with Gasteiger partial charge in [-0.1, -0.05) is 71.6 Å². The van der Waals surface area contributed by atoms with E-state index in [2.05, 4.69) is 19.2 Å². The Morgan fingerprint density at radius 2 is 1.44 bits per heavy atom. The van der Waals surface area contributed by atoms with Crippen LogP contribution in [0.25, 0.3) is 0 Å². The Balaban J connectivity index is 1.83. The molecule has 0 aromatic carbocycles. The van der Waals surface area contributed by atoms with E-state index in [1.807, 2.05) is 0 Å². The van der Waals surface area contributed by atoms with Gasteiger partial charge in [0.05, 0.1) is 0 Å². The summed E-state index contributed by atoms with van der Waals surface area (Å²) in [4.78, 5) is 0. The Morgan fingerprint density at radius 3 is 2.11 bits per heavy atom. The second-order valence-corrected chi connectivity index (χ2v) is 6.30. The molecule has 1 fully saturated rings. The topological polar surface area (TPSA) is 12.0 Å². The van der Waals surface area contributed by atoms with Gasteiger partial charge in [0, 0.05) is 6.04 Å². The second kappa shape index (κ2) is 10.8. The Hall–Kier alpha value is -0.0400. The molecule has 0 amide bonds. The van der Waals surface area contributed by atoms with Crippen LogP contribution in [0, 0.1) is 5.92 Å². The molecule has 0 bridgehead atoms. The maximum atomic E-state index is 3.78. The van der Waals surface area contributed by atoms with Crippen molar-refractivity contribution in [2.45, 2.75) is 96.9 Å². The molecule has 1 saturated carbocycles. The van der Waals surface area contributed by atoms with Crippen molar-refractivity contribution in [1.82, 2.24) is 5.32 Å². The molecular weight excluding hydrogens is 218 g/mol.